The summed E-state index contributed by atoms with van der Waals surface area (Å²) in [7, 11) is 0. The molecule has 0 spiro atoms. The monoisotopic (exact) mass is 597 g/mol. The van der Waals surface area contributed by atoms with Gasteiger partial charge in [-0.3, -0.25) is 14.6 Å². The first-order chi connectivity index (χ1) is 21.3. The van der Waals surface area contributed by atoms with E-state index in [-0.39, 0.29) is 59.7 Å². The zero-order chi connectivity index (χ0) is 31.1. The van der Waals surface area contributed by atoms with Crippen LogP contribution in [0.3, 0.4) is 0 Å². The maximum Gasteiger partial charge on any atom is 0.273 e. The molecule has 5 rings (SSSR count). The molecule has 0 aliphatic heterocycles. The van der Waals surface area contributed by atoms with Gasteiger partial charge in [0, 0.05) is 60.2 Å². The lowest BCUT2D eigenvalue weighted by atomic mass is 10.1. The fourth-order valence-corrected chi connectivity index (χ4v) is 4.75. The second-order valence-electron chi connectivity index (χ2n) is 10.1. The first-order valence-electron chi connectivity index (χ1n) is 13.8. The summed E-state index contributed by atoms with van der Waals surface area (Å²) in [5.74, 6) is -3.38. The smallest absolute Gasteiger partial charge is 0.273 e. The number of hydrogen-bond acceptors (Lipinski definition) is 3. The summed E-state index contributed by atoms with van der Waals surface area (Å²) in [6, 6.07) is 26.4. The van der Waals surface area contributed by atoms with Gasteiger partial charge in [-0.2, -0.15) is 0 Å². The van der Waals surface area contributed by atoms with Crippen molar-refractivity contribution in [2.45, 2.75) is 26.2 Å². The van der Waals surface area contributed by atoms with Crippen LogP contribution in [0.15, 0.2) is 115 Å². The summed E-state index contributed by atoms with van der Waals surface area (Å²) in [5, 5.41) is 0. The zero-order valence-corrected chi connectivity index (χ0v) is 23.5. The van der Waals surface area contributed by atoms with Gasteiger partial charge in [0.25, 0.3) is 11.8 Å². The highest BCUT2D eigenvalue weighted by atomic mass is 19.1. The van der Waals surface area contributed by atoms with Gasteiger partial charge < -0.3 is 9.80 Å². The Morgan fingerprint density at radius 1 is 0.500 bits per heavy atom. The van der Waals surface area contributed by atoms with Crippen molar-refractivity contribution in [3.8, 4) is 0 Å². The number of aromatic nitrogens is 1. The quantitative estimate of drug-likeness (QED) is 0.159. The molecule has 222 valence electrons. The molecule has 1 heterocycles. The van der Waals surface area contributed by atoms with E-state index in [1.807, 2.05) is 0 Å². The lowest BCUT2D eigenvalue weighted by molar-refractivity contribution is 0.0719. The molecule has 0 N–H and O–H groups in total. The van der Waals surface area contributed by atoms with Gasteiger partial charge in [-0.05, 0) is 36.4 Å². The second kappa shape index (κ2) is 13.8. The molecule has 0 bridgehead atoms. The molecule has 0 aliphatic carbocycles. The van der Waals surface area contributed by atoms with Crippen LogP contribution in [0.4, 0.5) is 17.6 Å². The first kappa shape index (κ1) is 30.2. The van der Waals surface area contributed by atoms with Crippen LogP contribution in [0.5, 0.6) is 0 Å². The molecule has 0 fully saturated rings. The molecular formula is C35H27F4N3O2. The summed E-state index contributed by atoms with van der Waals surface area (Å²) in [6.45, 7) is -0.713. The predicted octanol–water partition coefficient (Wildman–Crippen LogP) is 7.32. The molecule has 0 radical (unpaired) electrons. The minimum absolute atomic E-state index is 0.0489. The van der Waals surface area contributed by atoms with Crippen molar-refractivity contribution >= 4 is 11.8 Å². The maximum absolute atomic E-state index is 14.6. The Morgan fingerprint density at radius 3 is 1.20 bits per heavy atom. The lowest BCUT2D eigenvalue weighted by Crippen LogP contribution is -2.33. The number of benzene rings is 4. The normalized spacial score (nSPS) is 10.8. The molecule has 0 unspecified atom stereocenters. The largest absolute Gasteiger partial charge is 0.330 e. The number of hydrogen-bond donors (Lipinski definition) is 0. The van der Waals surface area contributed by atoms with E-state index in [2.05, 4.69) is 4.98 Å². The average molecular weight is 598 g/mol. The third kappa shape index (κ3) is 7.18. The fourth-order valence-electron chi connectivity index (χ4n) is 4.75. The van der Waals surface area contributed by atoms with Crippen molar-refractivity contribution in [2.75, 3.05) is 0 Å². The Kier molecular flexibility index (Phi) is 9.44. The topological polar surface area (TPSA) is 53.5 Å². The SMILES string of the molecule is O=C(c1ccnc(C(=O)N(Cc2ccccc2F)Cc2ccccc2F)c1)N(Cc1ccccc1F)Cc1ccccc1F. The molecule has 5 nitrogen and oxygen atoms in total. The maximum atomic E-state index is 14.6. The number of carbonyl (C=O) groups excluding carboxylic acids is 2. The number of nitrogens with zero attached hydrogens (tertiary/aromatic N) is 3. The van der Waals surface area contributed by atoms with Crippen LogP contribution in [0.25, 0.3) is 0 Å². The molecular weight excluding hydrogens is 570 g/mol. The van der Waals surface area contributed by atoms with Crippen LogP contribution in [0.1, 0.15) is 43.1 Å². The Labute approximate surface area is 252 Å². The molecule has 44 heavy (non-hydrogen) atoms. The minimum atomic E-state index is -0.666. The molecule has 4 aromatic carbocycles. The molecule has 1 aromatic heterocycles. The number of halogens is 4. The van der Waals surface area contributed by atoms with Crippen LogP contribution in [0.2, 0.25) is 0 Å². The predicted molar refractivity (Wildman–Crippen MR) is 157 cm³/mol. The van der Waals surface area contributed by atoms with E-state index < -0.39 is 35.1 Å². The van der Waals surface area contributed by atoms with E-state index in [4.69, 9.17) is 0 Å². The average Bonchev–Trinajstić information content (AvgIpc) is 3.03. The van der Waals surface area contributed by atoms with Crippen LogP contribution in [0, 0.1) is 23.3 Å². The molecule has 0 atom stereocenters. The van der Waals surface area contributed by atoms with Gasteiger partial charge in [-0.25, -0.2) is 17.6 Å². The van der Waals surface area contributed by atoms with Gasteiger partial charge in [0.15, 0.2) is 0 Å². The van der Waals surface area contributed by atoms with Crippen molar-refractivity contribution < 1.29 is 27.2 Å². The Morgan fingerprint density at radius 2 is 0.841 bits per heavy atom. The highest BCUT2D eigenvalue weighted by Gasteiger charge is 2.24. The van der Waals surface area contributed by atoms with Gasteiger partial charge in [0.1, 0.15) is 29.0 Å². The highest BCUT2D eigenvalue weighted by molar-refractivity contribution is 5.98. The first-order valence-corrected chi connectivity index (χ1v) is 13.8. The van der Waals surface area contributed by atoms with E-state index in [0.29, 0.717) is 0 Å². The van der Waals surface area contributed by atoms with E-state index in [1.165, 1.54) is 101 Å². The summed E-state index contributed by atoms with van der Waals surface area (Å²) in [6.07, 6.45) is 1.27. The van der Waals surface area contributed by atoms with E-state index >= 15 is 0 Å². The van der Waals surface area contributed by atoms with Gasteiger partial charge in [-0.15, -0.1) is 0 Å². The molecule has 0 saturated carbocycles. The van der Waals surface area contributed by atoms with E-state index in [1.54, 1.807) is 24.3 Å². The Hall–Kier alpha value is -5.31. The lowest BCUT2D eigenvalue weighted by Gasteiger charge is -2.25. The van der Waals surface area contributed by atoms with Gasteiger partial charge in [-0.1, -0.05) is 72.8 Å². The standard InChI is InChI=1S/C35H27F4N3O2/c36-29-13-5-1-9-25(29)20-41(21-26-10-2-6-14-30(26)37)34(43)24-17-18-40-33(19-24)35(44)42(22-27-11-3-7-15-31(27)38)23-28-12-4-8-16-32(28)39/h1-19H,20-23H2. The summed E-state index contributed by atoms with van der Waals surface area (Å²) >= 11 is 0. The minimum Gasteiger partial charge on any atom is -0.330 e. The van der Waals surface area contributed by atoms with Crippen LogP contribution in [-0.2, 0) is 26.2 Å². The van der Waals surface area contributed by atoms with Crippen molar-refractivity contribution in [3.63, 3.8) is 0 Å². The molecule has 2 amide bonds. The van der Waals surface area contributed by atoms with Gasteiger partial charge in [0.05, 0.1) is 0 Å². The molecule has 0 aliphatic rings. The van der Waals surface area contributed by atoms with Crippen molar-refractivity contribution in [1.82, 2.24) is 14.8 Å². The van der Waals surface area contributed by atoms with Gasteiger partial charge >= 0.3 is 0 Å². The van der Waals surface area contributed by atoms with Crippen molar-refractivity contribution in [1.29, 1.82) is 0 Å². The summed E-state index contributed by atoms with van der Waals surface area (Å²) in [4.78, 5) is 34.3. The second-order valence-corrected chi connectivity index (χ2v) is 10.1. The number of amides is 2. The van der Waals surface area contributed by atoms with Crippen LogP contribution in [-0.4, -0.2) is 26.6 Å². The van der Waals surface area contributed by atoms with Gasteiger partial charge in [0.2, 0.25) is 0 Å². The van der Waals surface area contributed by atoms with E-state index in [0.717, 1.165) is 0 Å². The molecule has 5 aromatic rings. The Bertz CT molecular complexity index is 1570. The Balaban J connectivity index is 1.47. The van der Waals surface area contributed by atoms with Crippen molar-refractivity contribution in [2.24, 2.45) is 0 Å². The molecule has 0 saturated heterocycles. The number of pyridine rings is 1. The third-order valence-electron chi connectivity index (χ3n) is 7.08. The number of rotatable bonds is 10. The fraction of sp³-hybridized carbons (Fsp3) is 0.114. The number of carbonyl (C=O) groups is 2. The van der Waals surface area contributed by atoms with E-state index in [9.17, 15) is 27.2 Å². The third-order valence-corrected chi connectivity index (χ3v) is 7.08. The highest BCUT2D eigenvalue weighted by Crippen LogP contribution is 2.21. The molecule has 9 heteroatoms. The van der Waals surface area contributed by atoms with Crippen LogP contribution < -0.4 is 0 Å². The summed E-state index contributed by atoms with van der Waals surface area (Å²) in [5.41, 5.74) is 0.788. The van der Waals surface area contributed by atoms with Crippen molar-refractivity contribution in [3.05, 3.63) is 172 Å². The summed E-state index contributed by atoms with van der Waals surface area (Å²) < 4.78 is 58.3. The van der Waals surface area contributed by atoms with Crippen LogP contribution >= 0.6 is 0 Å². The zero-order valence-electron chi connectivity index (χ0n) is 23.5.